The van der Waals surface area contributed by atoms with Crippen LogP contribution in [0.3, 0.4) is 0 Å². The number of nitrogens with two attached hydrogens (primary N) is 1. The monoisotopic (exact) mass is 484 g/mol. The molecule has 0 aliphatic carbocycles. The molecule has 1 amide bonds. The van der Waals surface area contributed by atoms with Gasteiger partial charge in [0.2, 0.25) is 10.0 Å². The Labute approximate surface area is 194 Å². The van der Waals surface area contributed by atoms with Gasteiger partial charge in [-0.1, -0.05) is 36.4 Å². The van der Waals surface area contributed by atoms with Gasteiger partial charge in [0.1, 0.15) is 18.2 Å². The number of thiophene rings is 1. The summed E-state index contributed by atoms with van der Waals surface area (Å²) in [5.41, 5.74) is 1.35. The Balaban J connectivity index is 1.49. The minimum Gasteiger partial charge on any atom is -0.489 e. The Morgan fingerprint density at radius 3 is 2.42 bits per heavy atom. The van der Waals surface area contributed by atoms with Crippen LogP contribution in [0.5, 0.6) is 5.75 Å². The maximum Gasteiger partial charge on any atom is 0.261 e. The normalized spacial score (nSPS) is 11.5. The zero-order chi connectivity index (χ0) is 23.4. The van der Waals surface area contributed by atoms with Crippen LogP contribution in [-0.2, 0) is 23.1 Å². The molecule has 170 valence electrons. The Hall–Kier alpha value is -3.27. The number of carbonyl (C=O) groups is 1. The number of fused-ring (bicyclic) bond motifs is 1. The standard InChI is InChI=1S/C24H21FN2O4S2/c25-20-7-4-8-21-22(20)19(15-31-17-5-2-1-3-6-17)23(32-21)24(28)27-14-13-16-9-11-18(12-10-16)33(26,29)30/h1-12H,13-15H2,(H,27,28)(H2,26,29,30). The van der Waals surface area contributed by atoms with Crippen molar-refractivity contribution < 1.29 is 22.3 Å². The van der Waals surface area contributed by atoms with Gasteiger partial charge >= 0.3 is 0 Å². The highest BCUT2D eigenvalue weighted by Gasteiger charge is 2.21. The minimum absolute atomic E-state index is 0.0330. The number of ether oxygens (including phenoxy) is 1. The third kappa shape index (κ3) is 5.39. The quantitative estimate of drug-likeness (QED) is 0.391. The van der Waals surface area contributed by atoms with Crippen molar-refractivity contribution in [1.82, 2.24) is 5.32 Å². The number of nitrogens with one attached hydrogen (secondary N) is 1. The summed E-state index contributed by atoms with van der Waals surface area (Å²) in [5.74, 6) is -0.0877. The molecule has 0 bridgehead atoms. The predicted octanol–water partition coefficient (Wildman–Crippen LogP) is 4.24. The van der Waals surface area contributed by atoms with Gasteiger partial charge in [0.25, 0.3) is 5.91 Å². The lowest BCUT2D eigenvalue weighted by Crippen LogP contribution is -2.26. The molecule has 9 heteroatoms. The molecular weight excluding hydrogens is 463 g/mol. The van der Waals surface area contributed by atoms with Crippen molar-refractivity contribution in [3.8, 4) is 5.75 Å². The number of rotatable bonds is 8. The highest BCUT2D eigenvalue weighted by atomic mass is 32.2. The molecule has 0 unspecified atom stereocenters. The molecule has 0 radical (unpaired) electrons. The van der Waals surface area contributed by atoms with E-state index >= 15 is 0 Å². The molecule has 4 rings (SSSR count). The third-order valence-corrected chi connectivity index (χ3v) is 7.17. The van der Waals surface area contributed by atoms with E-state index in [-0.39, 0.29) is 17.4 Å². The van der Waals surface area contributed by atoms with Crippen LogP contribution in [0.1, 0.15) is 20.8 Å². The van der Waals surface area contributed by atoms with Gasteiger partial charge in [0.05, 0.1) is 9.77 Å². The summed E-state index contributed by atoms with van der Waals surface area (Å²) in [6, 6.07) is 20.1. The van der Waals surface area contributed by atoms with E-state index < -0.39 is 15.8 Å². The fourth-order valence-corrected chi connectivity index (χ4v) is 5.06. The first-order valence-electron chi connectivity index (χ1n) is 10.1. The summed E-state index contributed by atoms with van der Waals surface area (Å²) in [6.45, 7) is 0.381. The maximum atomic E-state index is 14.6. The lowest BCUT2D eigenvalue weighted by Gasteiger charge is -2.09. The zero-order valence-corrected chi connectivity index (χ0v) is 19.1. The lowest BCUT2D eigenvalue weighted by molar-refractivity contribution is 0.0956. The topological polar surface area (TPSA) is 98.5 Å². The molecule has 1 heterocycles. The zero-order valence-electron chi connectivity index (χ0n) is 17.5. The van der Waals surface area contributed by atoms with Crippen LogP contribution in [0.25, 0.3) is 10.1 Å². The SMILES string of the molecule is NS(=O)(=O)c1ccc(CCNC(=O)c2sc3cccc(F)c3c2COc2ccccc2)cc1. The van der Waals surface area contributed by atoms with Gasteiger partial charge in [-0.05, 0) is 48.4 Å². The molecule has 0 aliphatic rings. The molecule has 0 fully saturated rings. The van der Waals surface area contributed by atoms with Crippen molar-refractivity contribution in [3.05, 3.63) is 94.6 Å². The Bertz CT molecular complexity index is 1390. The summed E-state index contributed by atoms with van der Waals surface area (Å²) >= 11 is 1.22. The van der Waals surface area contributed by atoms with Crippen molar-refractivity contribution in [1.29, 1.82) is 0 Å². The highest BCUT2D eigenvalue weighted by molar-refractivity contribution is 7.89. The van der Waals surface area contributed by atoms with Crippen LogP contribution in [0.2, 0.25) is 0 Å². The first-order valence-corrected chi connectivity index (χ1v) is 12.5. The highest BCUT2D eigenvalue weighted by Crippen LogP contribution is 2.34. The molecule has 3 N–H and O–H groups in total. The summed E-state index contributed by atoms with van der Waals surface area (Å²) in [5, 5.41) is 8.36. The van der Waals surface area contributed by atoms with E-state index in [9.17, 15) is 17.6 Å². The molecule has 1 aromatic heterocycles. The van der Waals surface area contributed by atoms with Crippen LogP contribution in [0, 0.1) is 5.82 Å². The van der Waals surface area contributed by atoms with Gasteiger partial charge in [-0.3, -0.25) is 4.79 Å². The molecule has 0 spiro atoms. The van der Waals surface area contributed by atoms with Crippen LogP contribution in [0.4, 0.5) is 4.39 Å². The Morgan fingerprint density at radius 1 is 1.00 bits per heavy atom. The number of halogens is 1. The maximum absolute atomic E-state index is 14.6. The number of benzene rings is 3. The largest absolute Gasteiger partial charge is 0.489 e. The predicted molar refractivity (Wildman–Crippen MR) is 126 cm³/mol. The molecule has 0 aliphatic heterocycles. The van der Waals surface area contributed by atoms with E-state index in [4.69, 9.17) is 9.88 Å². The fourth-order valence-electron chi connectivity index (χ4n) is 3.41. The van der Waals surface area contributed by atoms with E-state index in [0.717, 1.165) is 5.56 Å². The van der Waals surface area contributed by atoms with Crippen molar-refractivity contribution in [2.24, 2.45) is 5.14 Å². The van der Waals surface area contributed by atoms with Crippen molar-refractivity contribution in [2.75, 3.05) is 6.54 Å². The van der Waals surface area contributed by atoms with Crippen molar-refractivity contribution in [2.45, 2.75) is 17.9 Å². The van der Waals surface area contributed by atoms with Gasteiger partial charge in [-0.15, -0.1) is 11.3 Å². The number of hydrogen-bond acceptors (Lipinski definition) is 5. The first-order chi connectivity index (χ1) is 15.8. The van der Waals surface area contributed by atoms with E-state index in [1.54, 1.807) is 36.4 Å². The van der Waals surface area contributed by atoms with Crippen molar-refractivity contribution >= 4 is 37.4 Å². The molecule has 3 aromatic carbocycles. The Kier molecular flexibility index (Phi) is 6.73. The molecule has 6 nitrogen and oxygen atoms in total. The third-order valence-electron chi connectivity index (χ3n) is 5.05. The molecular formula is C24H21FN2O4S2. The van der Waals surface area contributed by atoms with Gasteiger partial charge in [0, 0.05) is 22.2 Å². The average molecular weight is 485 g/mol. The molecule has 0 saturated carbocycles. The second kappa shape index (κ2) is 9.70. The molecule has 33 heavy (non-hydrogen) atoms. The molecule has 0 saturated heterocycles. The van der Waals surface area contributed by atoms with E-state index in [0.29, 0.717) is 39.2 Å². The van der Waals surface area contributed by atoms with E-state index in [1.807, 2.05) is 18.2 Å². The fraction of sp³-hybridized carbons (Fsp3) is 0.125. The number of carbonyl (C=O) groups excluding carboxylic acids is 1. The number of hydrogen-bond donors (Lipinski definition) is 2. The van der Waals surface area contributed by atoms with Crippen LogP contribution < -0.4 is 15.2 Å². The van der Waals surface area contributed by atoms with Crippen LogP contribution in [0.15, 0.2) is 77.7 Å². The summed E-state index contributed by atoms with van der Waals surface area (Å²) in [7, 11) is -3.75. The van der Waals surface area contributed by atoms with Gasteiger partial charge < -0.3 is 10.1 Å². The smallest absolute Gasteiger partial charge is 0.261 e. The number of para-hydroxylation sites is 1. The van der Waals surface area contributed by atoms with Gasteiger partial charge in [-0.25, -0.2) is 17.9 Å². The van der Waals surface area contributed by atoms with Gasteiger partial charge in [0.15, 0.2) is 0 Å². The average Bonchev–Trinajstić information content (AvgIpc) is 3.18. The lowest BCUT2D eigenvalue weighted by atomic mass is 10.1. The van der Waals surface area contributed by atoms with E-state index in [2.05, 4.69) is 5.32 Å². The molecule has 4 aromatic rings. The molecule has 0 atom stereocenters. The number of amides is 1. The van der Waals surface area contributed by atoms with Gasteiger partial charge in [-0.2, -0.15) is 0 Å². The van der Waals surface area contributed by atoms with Crippen LogP contribution in [-0.4, -0.2) is 20.9 Å². The second-order valence-corrected chi connectivity index (χ2v) is 9.93. The second-order valence-electron chi connectivity index (χ2n) is 7.32. The van der Waals surface area contributed by atoms with Crippen LogP contribution >= 0.6 is 11.3 Å². The first kappa shape index (κ1) is 22.9. The summed E-state index contributed by atoms with van der Waals surface area (Å²) < 4.78 is 43.8. The summed E-state index contributed by atoms with van der Waals surface area (Å²) in [4.78, 5) is 13.4. The number of sulfonamides is 1. The number of primary sulfonamides is 1. The van der Waals surface area contributed by atoms with Crippen molar-refractivity contribution in [3.63, 3.8) is 0 Å². The minimum atomic E-state index is -3.75. The summed E-state index contributed by atoms with van der Waals surface area (Å²) in [6.07, 6.45) is 0.492. The Morgan fingerprint density at radius 2 is 1.73 bits per heavy atom. The van der Waals surface area contributed by atoms with E-state index in [1.165, 1.54) is 29.5 Å².